The summed E-state index contributed by atoms with van der Waals surface area (Å²) in [5.41, 5.74) is 13.9. The predicted octanol–water partition coefficient (Wildman–Crippen LogP) is 13.0. The van der Waals surface area contributed by atoms with Gasteiger partial charge in [0.05, 0.1) is 0 Å². The van der Waals surface area contributed by atoms with Gasteiger partial charge in [0.25, 0.3) is 0 Å². The summed E-state index contributed by atoms with van der Waals surface area (Å²) >= 11 is 0. The molecule has 2 fully saturated rings. The fourth-order valence-corrected chi connectivity index (χ4v) is 9.99. The molecule has 1 heterocycles. The first-order valence-electron chi connectivity index (χ1n) is 17.8. The van der Waals surface area contributed by atoms with Crippen LogP contribution in [0.1, 0.15) is 36.8 Å². The Labute approximate surface area is 286 Å². The number of anilines is 3. The van der Waals surface area contributed by atoms with E-state index in [9.17, 15) is 0 Å². The van der Waals surface area contributed by atoms with Crippen LogP contribution in [0.25, 0.3) is 55.0 Å². The van der Waals surface area contributed by atoms with E-state index in [-0.39, 0.29) is 5.41 Å². The molecule has 0 aliphatic heterocycles. The molecular formula is C47H35NO. The van der Waals surface area contributed by atoms with Crippen LogP contribution in [-0.2, 0) is 5.41 Å². The largest absolute Gasteiger partial charge is 0.456 e. The summed E-state index contributed by atoms with van der Waals surface area (Å²) in [6.45, 7) is 0. The van der Waals surface area contributed by atoms with Crippen molar-refractivity contribution in [1.29, 1.82) is 0 Å². The van der Waals surface area contributed by atoms with Gasteiger partial charge >= 0.3 is 0 Å². The third-order valence-corrected chi connectivity index (χ3v) is 12.1. The Hall–Kier alpha value is -5.60. The third kappa shape index (κ3) is 3.95. The molecule has 2 heteroatoms. The van der Waals surface area contributed by atoms with Crippen molar-refractivity contribution in [2.75, 3.05) is 4.90 Å². The van der Waals surface area contributed by atoms with Crippen molar-refractivity contribution in [3.8, 4) is 22.3 Å². The lowest BCUT2D eigenvalue weighted by Crippen LogP contribution is -2.32. The van der Waals surface area contributed by atoms with Gasteiger partial charge in [-0.15, -0.1) is 0 Å². The van der Waals surface area contributed by atoms with Crippen molar-refractivity contribution in [1.82, 2.24) is 0 Å². The second-order valence-electron chi connectivity index (χ2n) is 14.5. The lowest BCUT2D eigenvalue weighted by atomic mass is 9.67. The Morgan fingerprint density at radius 3 is 2.10 bits per heavy atom. The molecule has 49 heavy (non-hydrogen) atoms. The Bertz CT molecular complexity index is 2590. The molecule has 2 bridgehead atoms. The quantitative estimate of drug-likeness (QED) is 0.193. The lowest BCUT2D eigenvalue weighted by molar-refractivity contribution is 0.327. The van der Waals surface area contributed by atoms with Crippen molar-refractivity contribution in [2.45, 2.75) is 31.1 Å². The van der Waals surface area contributed by atoms with Crippen LogP contribution in [-0.4, -0.2) is 0 Å². The van der Waals surface area contributed by atoms with Gasteiger partial charge in [-0.3, -0.25) is 0 Å². The number of nitrogens with zero attached hydrogens (tertiary/aromatic N) is 1. The highest BCUT2D eigenvalue weighted by molar-refractivity contribution is 6.06. The monoisotopic (exact) mass is 629 g/mol. The van der Waals surface area contributed by atoms with Gasteiger partial charge in [-0.2, -0.15) is 0 Å². The Morgan fingerprint density at radius 1 is 0.510 bits per heavy atom. The van der Waals surface area contributed by atoms with Crippen molar-refractivity contribution in [2.24, 2.45) is 11.8 Å². The minimum Gasteiger partial charge on any atom is -0.456 e. The Kier molecular flexibility index (Phi) is 5.70. The third-order valence-electron chi connectivity index (χ3n) is 12.1. The SMILES string of the molecule is c1ccc2c(c1)-c1ccc(N(c3ccc(-c4ccc5oc6ccccc6c5c4)cc3)c3ccc4ccccc4c3)cc1C21CC2CCC1C2. The summed E-state index contributed by atoms with van der Waals surface area (Å²) in [6, 6.07) is 56.1. The van der Waals surface area contributed by atoms with E-state index in [4.69, 9.17) is 4.42 Å². The van der Waals surface area contributed by atoms with E-state index in [1.165, 1.54) is 70.1 Å². The zero-order valence-corrected chi connectivity index (χ0v) is 27.3. The lowest BCUT2D eigenvalue weighted by Gasteiger charge is -2.37. The maximum Gasteiger partial charge on any atom is 0.135 e. The Balaban J connectivity index is 1.06. The molecule has 0 radical (unpaired) electrons. The summed E-state index contributed by atoms with van der Waals surface area (Å²) in [5, 5.41) is 4.82. The summed E-state index contributed by atoms with van der Waals surface area (Å²) in [5.74, 6) is 1.57. The molecule has 3 atom stereocenters. The normalized spacial score (nSPS) is 20.4. The van der Waals surface area contributed by atoms with Crippen molar-refractivity contribution in [3.63, 3.8) is 0 Å². The van der Waals surface area contributed by atoms with Crippen LogP contribution in [0.2, 0.25) is 0 Å². The number of hydrogen-bond acceptors (Lipinski definition) is 2. The summed E-state index contributed by atoms with van der Waals surface area (Å²) in [6.07, 6.45) is 5.39. The van der Waals surface area contributed by atoms with Gasteiger partial charge in [0, 0.05) is 33.2 Å². The van der Waals surface area contributed by atoms with Gasteiger partial charge in [-0.1, -0.05) is 103 Å². The molecule has 3 aliphatic carbocycles. The molecule has 11 rings (SSSR count). The van der Waals surface area contributed by atoms with Crippen LogP contribution < -0.4 is 4.90 Å². The second kappa shape index (κ2) is 10.2. The maximum atomic E-state index is 6.12. The minimum absolute atomic E-state index is 0.139. The maximum absolute atomic E-state index is 6.12. The first kappa shape index (κ1) is 27.4. The summed E-state index contributed by atoms with van der Waals surface area (Å²) in [7, 11) is 0. The molecule has 234 valence electrons. The number of furan rings is 1. The first-order valence-corrected chi connectivity index (χ1v) is 17.8. The smallest absolute Gasteiger partial charge is 0.135 e. The van der Waals surface area contributed by atoms with Gasteiger partial charge in [-0.25, -0.2) is 0 Å². The van der Waals surface area contributed by atoms with E-state index >= 15 is 0 Å². The van der Waals surface area contributed by atoms with Crippen LogP contribution in [0.15, 0.2) is 156 Å². The summed E-state index contributed by atoms with van der Waals surface area (Å²) in [4.78, 5) is 2.47. The number of hydrogen-bond donors (Lipinski definition) is 0. The van der Waals surface area contributed by atoms with Crippen molar-refractivity contribution in [3.05, 3.63) is 163 Å². The van der Waals surface area contributed by atoms with E-state index in [2.05, 4.69) is 144 Å². The minimum atomic E-state index is 0.139. The molecule has 3 aliphatic rings. The molecule has 2 saturated carbocycles. The van der Waals surface area contributed by atoms with Gasteiger partial charge in [0.15, 0.2) is 0 Å². The number of para-hydroxylation sites is 1. The number of benzene rings is 7. The highest BCUT2D eigenvalue weighted by Gasteiger charge is 2.56. The zero-order valence-electron chi connectivity index (χ0n) is 27.3. The highest BCUT2D eigenvalue weighted by atomic mass is 16.3. The van der Waals surface area contributed by atoms with Crippen LogP contribution >= 0.6 is 0 Å². The van der Waals surface area contributed by atoms with Gasteiger partial charge in [-0.05, 0) is 130 Å². The molecule has 2 nitrogen and oxygen atoms in total. The predicted molar refractivity (Wildman–Crippen MR) is 203 cm³/mol. The molecule has 1 aromatic heterocycles. The molecular weight excluding hydrogens is 595 g/mol. The molecule has 0 N–H and O–H groups in total. The second-order valence-corrected chi connectivity index (χ2v) is 14.5. The topological polar surface area (TPSA) is 16.4 Å². The fourth-order valence-electron chi connectivity index (χ4n) is 9.99. The van der Waals surface area contributed by atoms with Crippen LogP contribution in [0.5, 0.6) is 0 Å². The van der Waals surface area contributed by atoms with Crippen LogP contribution in [0.3, 0.4) is 0 Å². The van der Waals surface area contributed by atoms with Gasteiger partial charge in [0.1, 0.15) is 11.2 Å². The zero-order chi connectivity index (χ0) is 32.1. The van der Waals surface area contributed by atoms with Crippen molar-refractivity contribution < 1.29 is 4.42 Å². The Morgan fingerprint density at radius 2 is 1.22 bits per heavy atom. The molecule has 0 saturated heterocycles. The average molecular weight is 630 g/mol. The van der Waals surface area contributed by atoms with Crippen molar-refractivity contribution >= 4 is 49.8 Å². The molecule has 1 spiro atoms. The summed E-state index contributed by atoms with van der Waals surface area (Å²) < 4.78 is 6.12. The highest BCUT2D eigenvalue weighted by Crippen LogP contribution is 2.66. The molecule has 7 aromatic carbocycles. The molecule has 3 unspecified atom stereocenters. The standard InChI is InChI=1S/C47H35NO/c1-2-8-33-26-37(21-16-31(33)7-1)48(36-19-14-32(15-20-36)34-17-24-46-42(27-34)41-10-4-6-12-45(41)49-46)38-22-23-40-39-9-3-5-11-43(39)47(44(40)28-38)29-30-13-18-35(47)25-30/h1-12,14-17,19-24,26-28,30,35H,13,18,25,29H2. The molecule has 8 aromatic rings. The average Bonchev–Trinajstić information content (AvgIpc) is 3.93. The van der Waals surface area contributed by atoms with Gasteiger partial charge in [0.2, 0.25) is 0 Å². The van der Waals surface area contributed by atoms with Gasteiger partial charge < -0.3 is 9.32 Å². The van der Waals surface area contributed by atoms with E-state index in [0.29, 0.717) is 0 Å². The van der Waals surface area contributed by atoms with E-state index < -0.39 is 0 Å². The number of rotatable bonds is 4. The molecule has 0 amide bonds. The van der Waals surface area contributed by atoms with E-state index in [0.717, 1.165) is 39.5 Å². The fraction of sp³-hybridized carbons (Fsp3) is 0.149. The first-order chi connectivity index (χ1) is 24.2. The number of fused-ring (bicyclic) bond motifs is 12. The van der Waals surface area contributed by atoms with E-state index in [1.807, 2.05) is 12.1 Å². The van der Waals surface area contributed by atoms with E-state index in [1.54, 1.807) is 11.1 Å². The van der Waals surface area contributed by atoms with Crippen LogP contribution in [0, 0.1) is 11.8 Å². The van der Waals surface area contributed by atoms with Crippen LogP contribution in [0.4, 0.5) is 17.1 Å².